The molecule has 3 aromatic heterocycles. The van der Waals surface area contributed by atoms with Crippen LogP contribution in [-0.2, 0) is 11.3 Å². The second kappa shape index (κ2) is 8.17. The van der Waals surface area contributed by atoms with Crippen LogP contribution in [0, 0.1) is 13.8 Å². The maximum atomic E-state index is 12.7. The summed E-state index contributed by atoms with van der Waals surface area (Å²) >= 11 is 6.30. The number of aromatic nitrogens is 3. The minimum Gasteiger partial charge on any atom is -0.302 e. The van der Waals surface area contributed by atoms with Crippen LogP contribution in [0.5, 0.6) is 0 Å². The number of thiazole rings is 1. The van der Waals surface area contributed by atoms with Crippen molar-refractivity contribution in [3.63, 3.8) is 0 Å². The van der Waals surface area contributed by atoms with E-state index in [1.807, 2.05) is 43.5 Å². The first-order valence-corrected chi connectivity index (χ1v) is 11.4. The Labute approximate surface area is 183 Å². The Bertz CT molecular complexity index is 1260. The molecule has 29 heavy (non-hydrogen) atoms. The lowest BCUT2D eigenvalue weighted by Crippen LogP contribution is -2.23. The number of halogens is 1. The number of rotatable bonds is 5. The largest absolute Gasteiger partial charge is 0.302 e. The number of carbonyl (C=O) groups is 1. The summed E-state index contributed by atoms with van der Waals surface area (Å²) in [6.45, 7) is 4.18. The Kier molecular flexibility index (Phi) is 5.62. The van der Waals surface area contributed by atoms with E-state index in [-0.39, 0.29) is 24.4 Å². The molecule has 3 heterocycles. The summed E-state index contributed by atoms with van der Waals surface area (Å²) in [6.07, 6.45) is 1.69. The van der Waals surface area contributed by atoms with Crippen molar-refractivity contribution < 1.29 is 4.79 Å². The fraction of sp³-hybridized carbons (Fsp3) is 0.200. The number of hydrogen-bond acceptors (Lipinski definition) is 6. The zero-order valence-corrected chi connectivity index (χ0v) is 18.9. The van der Waals surface area contributed by atoms with E-state index in [2.05, 4.69) is 31.2 Å². The summed E-state index contributed by atoms with van der Waals surface area (Å²) in [6, 6.07) is 7.83. The van der Waals surface area contributed by atoms with Crippen molar-refractivity contribution in [2.24, 2.45) is 0 Å². The predicted molar refractivity (Wildman–Crippen MR) is 122 cm³/mol. The maximum absolute atomic E-state index is 12.7. The van der Waals surface area contributed by atoms with Gasteiger partial charge in [-0.1, -0.05) is 28.1 Å². The molecule has 1 amide bonds. The first kappa shape index (κ1) is 19.9. The highest BCUT2D eigenvalue weighted by molar-refractivity contribution is 9.10. The van der Waals surface area contributed by atoms with Crippen LogP contribution in [0.15, 0.2) is 45.2 Å². The molecule has 6 nitrogen and oxygen atoms in total. The van der Waals surface area contributed by atoms with E-state index < -0.39 is 0 Å². The van der Waals surface area contributed by atoms with E-state index in [9.17, 15) is 9.59 Å². The van der Waals surface area contributed by atoms with Crippen molar-refractivity contribution >= 4 is 59.9 Å². The number of amides is 1. The number of aryl methyl sites for hydroxylation is 3. The molecule has 0 saturated heterocycles. The predicted octanol–water partition coefficient (Wildman–Crippen LogP) is 4.99. The van der Waals surface area contributed by atoms with Crippen molar-refractivity contribution in [3.05, 3.63) is 61.2 Å². The van der Waals surface area contributed by atoms with E-state index in [0.29, 0.717) is 10.5 Å². The topological polar surface area (TPSA) is 76.9 Å². The quantitative estimate of drug-likeness (QED) is 0.429. The van der Waals surface area contributed by atoms with E-state index in [1.54, 1.807) is 0 Å². The third-order valence-electron chi connectivity index (χ3n) is 4.63. The summed E-state index contributed by atoms with van der Waals surface area (Å²) in [5.41, 5.74) is 2.66. The summed E-state index contributed by atoms with van der Waals surface area (Å²) < 4.78 is 2.50. The molecule has 0 spiro atoms. The number of fused-ring (bicyclic) bond motifs is 1. The number of anilines is 1. The molecule has 0 atom stereocenters. The zero-order valence-electron chi connectivity index (χ0n) is 15.7. The fourth-order valence-electron chi connectivity index (χ4n) is 2.92. The van der Waals surface area contributed by atoms with E-state index in [4.69, 9.17) is 0 Å². The molecule has 0 saturated carbocycles. The van der Waals surface area contributed by atoms with Gasteiger partial charge in [0.15, 0.2) is 5.13 Å². The fourth-order valence-corrected chi connectivity index (χ4v) is 4.91. The van der Waals surface area contributed by atoms with Crippen LogP contribution in [0.1, 0.15) is 16.9 Å². The Morgan fingerprint density at radius 2 is 2.00 bits per heavy atom. The van der Waals surface area contributed by atoms with Gasteiger partial charge in [0.1, 0.15) is 4.83 Å². The molecule has 0 aliphatic heterocycles. The van der Waals surface area contributed by atoms with Gasteiger partial charge in [0.25, 0.3) is 5.56 Å². The molecular formula is C20H17BrN4O2S2. The second-order valence-corrected chi connectivity index (χ2v) is 9.53. The normalized spacial score (nSPS) is 11.1. The summed E-state index contributed by atoms with van der Waals surface area (Å²) in [7, 11) is 0. The van der Waals surface area contributed by atoms with Gasteiger partial charge in [0.05, 0.1) is 17.4 Å². The van der Waals surface area contributed by atoms with Gasteiger partial charge in [-0.2, -0.15) is 0 Å². The Morgan fingerprint density at radius 1 is 1.24 bits per heavy atom. The minimum atomic E-state index is -0.188. The number of nitrogens with one attached hydrogen (secondary N) is 1. The number of hydrogen-bond donors (Lipinski definition) is 1. The molecule has 9 heteroatoms. The molecule has 0 fully saturated rings. The molecule has 0 aliphatic carbocycles. The van der Waals surface area contributed by atoms with Gasteiger partial charge in [-0.15, -0.1) is 22.7 Å². The number of carbonyl (C=O) groups excluding carboxylic acids is 1. The Balaban J connectivity index is 1.43. The number of nitrogens with zero attached hydrogens (tertiary/aromatic N) is 3. The monoisotopic (exact) mass is 488 g/mol. The van der Waals surface area contributed by atoms with Gasteiger partial charge >= 0.3 is 0 Å². The van der Waals surface area contributed by atoms with Crippen LogP contribution in [0.2, 0.25) is 0 Å². The lowest BCUT2D eigenvalue weighted by molar-refractivity contribution is -0.116. The Hall–Kier alpha value is -2.36. The molecule has 4 rings (SSSR count). The van der Waals surface area contributed by atoms with Crippen LogP contribution in [-0.4, -0.2) is 20.4 Å². The van der Waals surface area contributed by atoms with Crippen LogP contribution >= 0.6 is 38.6 Å². The van der Waals surface area contributed by atoms with E-state index in [1.165, 1.54) is 33.6 Å². The maximum Gasteiger partial charge on any atom is 0.262 e. The average molecular weight is 489 g/mol. The van der Waals surface area contributed by atoms with E-state index in [0.717, 1.165) is 31.0 Å². The lowest BCUT2D eigenvalue weighted by Gasteiger charge is -2.05. The van der Waals surface area contributed by atoms with Crippen molar-refractivity contribution in [3.8, 4) is 11.3 Å². The molecular weight excluding hydrogens is 472 g/mol. The molecule has 0 aliphatic rings. The first-order valence-electron chi connectivity index (χ1n) is 8.89. The Morgan fingerprint density at radius 3 is 2.76 bits per heavy atom. The van der Waals surface area contributed by atoms with Gasteiger partial charge in [0.2, 0.25) is 5.91 Å². The van der Waals surface area contributed by atoms with Crippen molar-refractivity contribution in [2.45, 2.75) is 26.8 Å². The molecule has 1 aromatic carbocycles. The lowest BCUT2D eigenvalue weighted by atomic mass is 10.2. The standard InChI is InChI=1S/C20H17BrN4O2S2/c1-11-12(2)29-18-17(11)19(27)25(10-22-18)8-7-16(26)24-20-23-15(9-28-20)13-3-5-14(21)6-4-13/h3-6,9-10H,7-8H2,1-2H3,(H,23,24,26). The van der Waals surface area contributed by atoms with E-state index >= 15 is 0 Å². The van der Waals surface area contributed by atoms with Gasteiger partial charge in [0, 0.05) is 33.3 Å². The van der Waals surface area contributed by atoms with Gasteiger partial charge in [-0.05, 0) is 31.5 Å². The van der Waals surface area contributed by atoms with Gasteiger partial charge in [-0.25, -0.2) is 9.97 Å². The SMILES string of the molecule is Cc1sc2ncn(CCC(=O)Nc3nc(-c4ccc(Br)cc4)cs3)c(=O)c2c1C. The van der Waals surface area contributed by atoms with Crippen LogP contribution < -0.4 is 10.9 Å². The highest BCUT2D eigenvalue weighted by Crippen LogP contribution is 2.27. The molecule has 148 valence electrons. The minimum absolute atomic E-state index is 0.101. The van der Waals surface area contributed by atoms with Crippen molar-refractivity contribution in [1.82, 2.24) is 14.5 Å². The van der Waals surface area contributed by atoms with Crippen LogP contribution in [0.4, 0.5) is 5.13 Å². The number of benzene rings is 1. The molecule has 0 radical (unpaired) electrons. The first-order chi connectivity index (χ1) is 13.9. The second-order valence-electron chi connectivity index (χ2n) is 6.55. The molecule has 4 aromatic rings. The summed E-state index contributed by atoms with van der Waals surface area (Å²) in [5.74, 6) is -0.188. The van der Waals surface area contributed by atoms with Crippen LogP contribution in [0.3, 0.4) is 0 Å². The highest BCUT2D eigenvalue weighted by atomic mass is 79.9. The third kappa shape index (κ3) is 4.17. The van der Waals surface area contributed by atoms with Crippen molar-refractivity contribution in [1.29, 1.82) is 0 Å². The average Bonchev–Trinajstić information content (AvgIpc) is 3.27. The van der Waals surface area contributed by atoms with Crippen LogP contribution in [0.25, 0.3) is 21.5 Å². The van der Waals surface area contributed by atoms with Gasteiger partial charge < -0.3 is 5.32 Å². The van der Waals surface area contributed by atoms with Gasteiger partial charge in [-0.3, -0.25) is 14.2 Å². The molecule has 1 N–H and O–H groups in total. The molecule has 0 unspecified atom stereocenters. The smallest absolute Gasteiger partial charge is 0.262 e. The highest BCUT2D eigenvalue weighted by Gasteiger charge is 2.13. The summed E-state index contributed by atoms with van der Waals surface area (Å²) in [5, 5.41) is 5.90. The third-order valence-corrected chi connectivity index (χ3v) is 7.03. The number of thiophene rings is 1. The summed E-state index contributed by atoms with van der Waals surface area (Å²) in [4.78, 5) is 35.7. The van der Waals surface area contributed by atoms with Crippen molar-refractivity contribution in [2.75, 3.05) is 5.32 Å². The molecule has 0 bridgehead atoms. The zero-order chi connectivity index (χ0) is 20.5.